The Balaban J connectivity index is 1.75. The molecule has 2 heterocycles. The minimum absolute atomic E-state index is 0.00325. The number of benzene rings is 1. The number of nitrogens with zero attached hydrogens (tertiary/aromatic N) is 5. The van der Waals surface area contributed by atoms with Crippen LogP contribution in [0.4, 0.5) is 36.6 Å². The fraction of sp³-hybridized carbons (Fsp3) is 0.350. The van der Waals surface area contributed by atoms with Crippen LogP contribution in [0.2, 0.25) is 0 Å². The molecular weight excluding hydrogens is 455 g/mol. The molecule has 1 aromatic carbocycles. The number of rotatable bonds is 9. The second kappa shape index (κ2) is 10.2. The summed E-state index contributed by atoms with van der Waals surface area (Å²) in [5.74, 6) is -0.00991. The van der Waals surface area contributed by atoms with Gasteiger partial charge >= 0.3 is 6.18 Å². The molecule has 5 N–H and O–H groups in total. The highest BCUT2D eigenvalue weighted by Crippen LogP contribution is 2.20. The molecule has 0 fully saturated rings. The second-order valence-corrected chi connectivity index (χ2v) is 7.50. The number of nitrogens with one attached hydrogen (secondary N) is 3. The molecule has 0 radical (unpaired) electrons. The number of ether oxygens (including phenoxy) is 1. The highest BCUT2D eigenvalue weighted by Gasteiger charge is 2.30. The van der Waals surface area contributed by atoms with Gasteiger partial charge in [0.2, 0.25) is 17.8 Å². The Kier molecular flexibility index (Phi) is 7.38. The summed E-state index contributed by atoms with van der Waals surface area (Å²) >= 11 is 0. The summed E-state index contributed by atoms with van der Waals surface area (Å²) in [5.41, 5.74) is 6.65. The van der Waals surface area contributed by atoms with Gasteiger partial charge in [-0.05, 0) is 36.2 Å². The van der Waals surface area contributed by atoms with Crippen LogP contribution in [0.1, 0.15) is 13.8 Å². The van der Waals surface area contributed by atoms with Crippen LogP contribution < -0.4 is 26.4 Å². The van der Waals surface area contributed by atoms with E-state index in [1.807, 2.05) is 5.32 Å². The van der Waals surface area contributed by atoms with Crippen molar-refractivity contribution in [3.8, 4) is 11.7 Å². The Labute approximate surface area is 192 Å². The number of amides is 1. The quantitative estimate of drug-likeness (QED) is 0.364. The van der Waals surface area contributed by atoms with E-state index in [9.17, 15) is 18.0 Å². The van der Waals surface area contributed by atoms with Gasteiger partial charge in [0.25, 0.3) is 5.95 Å². The molecule has 0 saturated heterocycles. The monoisotopic (exact) mass is 479 g/mol. The van der Waals surface area contributed by atoms with E-state index in [1.54, 1.807) is 45.2 Å². The molecule has 11 nitrogen and oxygen atoms in total. The lowest BCUT2D eigenvalue weighted by molar-refractivity contribution is -0.139. The fourth-order valence-electron chi connectivity index (χ4n) is 2.85. The molecular formula is C20H24F3N9O2. The molecule has 2 aromatic heterocycles. The topological polar surface area (TPSA) is 145 Å². The maximum absolute atomic E-state index is 12.5. The number of methoxy groups -OCH3 is 1. The van der Waals surface area contributed by atoms with Crippen molar-refractivity contribution in [2.75, 3.05) is 30.0 Å². The normalized spacial score (nSPS) is 12.3. The van der Waals surface area contributed by atoms with Gasteiger partial charge in [-0.25, -0.2) is 4.98 Å². The minimum Gasteiger partial charge on any atom is -0.497 e. The molecule has 0 saturated carbocycles. The number of halogens is 3. The van der Waals surface area contributed by atoms with Gasteiger partial charge in [0.1, 0.15) is 24.2 Å². The van der Waals surface area contributed by atoms with Crippen LogP contribution >= 0.6 is 0 Å². The van der Waals surface area contributed by atoms with Gasteiger partial charge in [-0.3, -0.25) is 4.79 Å². The van der Waals surface area contributed by atoms with Crippen molar-refractivity contribution in [2.24, 2.45) is 5.92 Å². The van der Waals surface area contributed by atoms with Gasteiger partial charge in [-0.15, -0.1) is 5.10 Å². The van der Waals surface area contributed by atoms with Gasteiger partial charge in [-0.2, -0.15) is 27.8 Å². The highest BCUT2D eigenvalue weighted by molar-refractivity contribution is 5.84. The largest absolute Gasteiger partial charge is 0.497 e. The summed E-state index contributed by atoms with van der Waals surface area (Å²) in [5, 5.41) is 12.0. The van der Waals surface area contributed by atoms with Crippen LogP contribution in [0.15, 0.2) is 36.5 Å². The number of nitrogens with two attached hydrogens (primary N) is 1. The van der Waals surface area contributed by atoms with Crippen LogP contribution in [0.3, 0.4) is 0 Å². The summed E-state index contributed by atoms with van der Waals surface area (Å²) in [6.45, 7) is 1.96. The molecule has 0 aliphatic carbocycles. The summed E-state index contributed by atoms with van der Waals surface area (Å²) in [7, 11) is 1.56. The van der Waals surface area contributed by atoms with Gasteiger partial charge in [0.15, 0.2) is 0 Å². The molecule has 14 heteroatoms. The number of aromatic nitrogens is 5. The molecule has 1 amide bonds. The third-order valence-electron chi connectivity index (χ3n) is 4.53. The van der Waals surface area contributed by atoms with E-state index in [0.717, 1.165) is 0 Å². The van der Waals surface area contributed by atoms with E-state index in [4.69, 9.17) is 10.5 Å². The standard InChI is InChI=1S/C20H24F3N9O2/c1-11(2)15(16(33)26-10-20(21,22)23)28-14-8-9-25-19(29-14)32-17(24)30-18(31-32)27-12-4-6-13(34-3)7-5-12/h4-9,11,15H,10H2,1-3H3,(H,26,33)(H,25,28,29)(H3,24,27,30,31)/t15-/m0/s1. The lowest BCUT2D eigenvalue weighted by atomic mass is 10.0. The second-order valence-electron chi connectivity index (χ2n) is 7.50. The number of alkyl halides is 3. The molecule has 0 unspecified atom stereocenters. The Morgan fingerprint density at radius 2 is 1.88 bits per heavy atom. The number of carbonyl (C=O) groups is 1. The van der Waals surface area contributed by atoms with E-state index < -0.39 is 24.7 Å². The van der Waals surface area contributed by atoms with Gasteiger partial charge in [0.05, 0.1) is 7.11 Å². The lowest BCUT2D eigenvalue weighted by Gasteiger charge is -2.22. The number of carbonyl (C=O) groups excluding carboxylic acids is 1. The molecule has 1 atom stereocenters. The zero-order chi connectivity index (χ0) is 24.9. The van der Waals surface area contributed by atoms with E-state index in [2.05, 4.69) is 30.7 Å². The third-order valence-corrected chi connectivity index (χ3v) is 4.53. The first-order chi connectivity index (χ1) is 16.1. The van der Waals surface area contributed by atoms with Gasteiger partial charge in [0, 0.05) is 11.9 Å². The van der Waals surface area contributed by atoms with Crippen LogP contribution in [0, 0.1) is 5.92 Å². The third kappa shape index (κ3) is 6.46. The summed E-state index contributed by atoms with van der Waals surface area (Å²) < 4.78 is 43.7. The van der Waals surface area contributed by atoms with Gasteiger partial charge in [-0.1, -0.05) is 13.8 Å². The van der Waals surface area contributed by atoms with Crippen molar-refractivity contribution in [1.29, 1.82) is 0 Å². The number of hydrogen-bond acceptors (Lipinski definition) is 9. The molecule has 0 spiro atoms. The molecule has 0 aliphatic heterocycles. The highest BCUT2D eigenvalue weighted by atomic mass is 19.4. The van der Waals surface area contributed by atoms with Crippen molar-refractivity contribution in [1.82, 2.24) is 30.0 Å². The Bertz CT molecular complexity index is 1120. The predicted molar refractivity (Wildman–Crippen MR) is 119 cm³/mol. The molecule has 0 aliphatic rings. The summed E-state index contributed by atoms with van der Waals surface area (Å²) in [6, 6.07) is 7.57. The first-order valence-electron chi connectivity index (χ1n) is 10.1. The predicted octanol–water partition coefficient (Wildman–Crippen LogP) is 2.51. The Morgan fingerprint density at radius 3 is 2.50 bits per heavy atom. The number of anilines is 4. The fourth-order valence-corrected chi connectivity index (χ4v) is 2.85. The zero-order valence-corrected chi connectivity index (χ0v) is 18.6. The van der Waals surface area contributed by atoms with E-state index in [1.165, 1.54) is 16.9 Å². The van der Waals surface area contributed by atoms with Crippen molar-refractivity contribution in [2.45, 2.75) is 26.1 Å². The van der Waals surface area contributed by atoms with Gasteiger partial charge < -0.3 is 26.4 Å². The van der Waals surface area contributed by atoms with Crippen LogP contribution in [-0.4, -0.2) is 56.5 Å². The molecule has 0 bridgehead atoms. The molecule has 34 heavy (non-hydrogen) atoms. The summed E-state index contributed by atoms with van der Waals surface area (Å²) in [6.07, 6.45) is -3.12. The first kappa shape index (κ1) is 24.5. The minimum atomic E-state index is -4.51. The molecule has 3 aromatic rings. The molecule has 3 rings (SSSR count). The first-order valence-corrected chi connectivity index (χ1v) is 10.1. The Morgan fingerprint density at radius 1 is 1.18 bits per heavy atom. The lowest BCUT2D eigenvalue weighted by Crippen LogP contribution is -2.46. The van der Waals surface area contributed by atoms with Crippen molar-refractivity contribution in [3.05, 3.63) is 36.5 Å². The maximum Gasteiger partial charge on any atom is 0.405 e. The number of hydrogen-bond donors (Lipinski definition) is 4. The van der Waals surface area contributed by atoms with Crippen LogP contribution in [0.25, 0.3) is 5.95 Å². The maximum atomic E-state index is 12.5. The van der Waals surface area contributed by atoms with E-state index in [-0.39, 0.29) is 29.6 Å². The SMILES string of the molecule is COc1ccc(Nc2nc(N)n(-c3nccc(N[C@H](C(=O)NCC(F)(F)F)C(C)C)n3)n2)cc1. The zero-order valence-electron chi connectivity index (χ0n) is 18.6. The van der Waals surface area contributed by atoms with Crippen LogP contribution in [-0.2, 0) is 4.79 Å². The van der Waals surface area contributed by atoms with Crippen molar-refractivity contribution in [3.63, 3.8) is 0 Å². The average Bonchev–Trinajstić information content (AvgIpc) is 3.15. The van der Waals surface area contributed by atoms with Crippen LogP contribution in [0.5, 0.6) is 5.75 Å². The smallest absolute Gasteiger partial charge is 0.405 e. The molecule has 182 valence electrons. The number of nitrogen functional groups attached to an aromatic ring is 1. The van der Waals surface area contributed by atoms with E-state index >= 15 is 0 Å². The Hall–Kier alpha value is -4.10. The van der Waals surface area contributed by atoms with Crippen molar-refractivity contribution >= 4 is 29.3 Å². The average molecular weight is 479 g/mol. The van der Waals surface area contributed by atoms with Crippen molar-refractivity contribution < 1.29 is 22.7 Å². The summed E-state index contributed by atoms with van der Waals surface area (Å²) in [4.78, 5) is 24.8. The van der Waals surface area contributed by atoms with E-state index in [0.29, 0.717) is 11.4 Å².